The van der Waals surface area contributed by atoms with Gasteiger partial charge in [-0.1, -0.05) is 0 Å². The summed E-state index contributed by atoms with van der Waals surface area (Å²) in [5.41, 5.74) is 0. The number of hydrogen-bond acceptors (Lipinski definition) is 4. The Morgan fingerprint density at radius 3 is 2.88 bits per heavy atom. The van der Waals surface area contributed by atoms with Crippen molar-refractivity contribution in [3.05, 3.63) is 17.0 Å². The average molecular weight is 312 g/mol. The largest absolute Gasteiger partial charge is 0.252 e. The Hall–Kier alpha value is 0.250. The summed E-state index contributed by atoms with van der Waals surface area (Å²) in [6.07, 6.45) is 0. The molecule has 0 bridgehead atoms. The van der Waals surface area contributed by atoms with Crippen LogP contribution in [0.3, 0.4) is 0 Å². The first-order chi connectivity index (χ1) is 8.05. The Morgan fingerprint density at radius 2 is 2.29 bits per heavy atom. The molecule has 1 aromatic heterocycles. The number of rotatable bonds is 3. The summed E-state index contributed by atoms with van der Waals surface area (Å²) in [7, 11) is -3.32. The molecule has 1 atom stereocenters. The molecule has 1 aromatic rings. The van der Waals surface area contributed by atoms with Crippen LogP contribution in [0.2, 0.25) is 0 Å². The van der Waals surface area contributed by atoms with E-state index in [0.29, 0.717) is 16.6 Å². The van der Waals surface area contributed by atoms with Crippen LogP contribution >= 0.6 is 34.7 Å². The van der Waals surface area contributed by atoms with Crippen LogP contribution in [-0.4, -0.2) is 36.8 Å². The highest BCUT2D eigenvalue weighted by molar-refractivity contribution is 7.99. The van der Waals surface area contributed by atoms with E-state index in [1.165, 1.54) is 11.3 Å². The monoisotopic (exact) mass is 311 g/mol. The predicted molar refractivity (Wildman–Crippen MR) is 74.6 cm³/mol. The van der Waals surface area contributed by atoms with Gasteiger partial charge in [-0.05, 0) is 19.1 Å². The van der Waals surface area contributed by atoms with E-state index >= 15 is 0 Å². The molecule has 0 aliphatic carbocycles. The fourth-order valence-corrected chi connectivity index (χ4v) is 6.20. The van der Waals surface area contributed by atoms with Crippen LogP contribution < -0.4 is 0 Å². The van der Waals surface area contributed by atoms with Crippen molar-refractivity contribution in [1.82, 2.24) is 4.31 Å². The van der Waals surface area contributed by atoms with Crippen molar-refractivity contribution in [3.63, 3.8) is 0 Å². The summed E-state index contributed by atoms with van der Waals surface area (Å²) in [5.74, 6) is 2.11. The maximum atomic E-state index is 12.4. The van der Waals surface area contributed by atoms with Crippen molar-refractivity contribution in [2.24, 2.45) is 0 Å². The van der Waals surface area contributed by atoms with Crippen LogP contribution in [0, 0.1) is 0 Å². The van der Waals surface area contributed by atoms with Gasteiger partial charge in [-0.15, -0.1) is 22.9 Å². The van der Waals surface area contributed by atoms with E-state index in [1.54, 1.807) is 28.2 Å². The third-order valence-corrected chi connectivity index (χ3v) is 7.84. The third kappa shape index (κ3) is 2.81. The van der Waals surface area contributed by atoms with Crippen LogP contribution in [0.5, 0.6) is 0 Å². The van der Waals surface area contributed by atoms with Crippen molar-refractivity contribution in [2.75, 3.05) is 18.1 Å². The molecule has 7 heteroatoms. The van der Waals surface area contributed by atoms with Gasteiger partial charge in [0.2, 0.25) is 0 Å². The SMILES string of the molecule is CC1CSCCN1S(=O)(=O)c1ccc(CCl)s1. The first kappa shape index (κ1) is 13.7. The van der Waals surface area contributed by atoms with Crippen molar-refractivity contribution in [2.45, 2.75) is 23.1 Å². The molecule has 1 saturated heterocycles. The van der Waals surface area contributed by atoms with Gasteiger partial charge in [0.15, 0.2) is 0 Å². The summed E-state index contributed by atoms with van der Waals surface area (Å²) >= 11 is 8.77. The minimum atomic E-state index is -3.32. The Kier molecular flexibility index (Phi) is 4.41. The van der Waals surface area contributed by atoms with E-state index in [-0.39, 0.29) is 6.04 Å². The molecular weight excluding hydrogens is 298 g/mol. The lowest BCUT2D eigenvalue weighted by Gasteiger charge is -2.31. The zero-order chi connectivity index (χ0) is 12.5. The predicted octanol–water partition coefficient (Wildman–Crippen LogP) is 2.61. The van der Waals surface area contributed by atoms with Crippen molar-refractivity contribution in [1.29, 1.82) is 0 Å². The van der Waals surface area contributed by atoms with E-state index in [1.807, 2.05) is 6.92 Å². The minimum Gasteiger partial charge on any atom is -0.206 e. The van der Waals surface area contributed by atoms with Crippen LogP contribution in [0.4, 0.5) is 0 Å². The van der Waals surface area contributed by atoms with Gasteiger partial charge in [-0.25, -0.2) is 8.42 Å². The van der Waals surface area contributed by atoms with Crippen LogP contribution in [0.1, 0.15) is 11.8 Å². The molecule has 2 rings (SSSR count). The molecule has 0 radical (unpaired) electrons. The lowest BCUT2D eigenvalue weighted by Crippen LogP contribution is -2.44. The van der Waals surface area contributed by atoms with E-state index in [2.05, 4.69) is 0 Å². The zero-order valence-electron chi connectivity index (χ0n) is 9.43. The normalized spacial score (nSPS) is 22.8. The fourth-order valence-electron chi connectivity index (χ4n) is 1.75. The molecule has 96 valence electrons. The number of halogens is 1. The van der Waals surface area contributed by atoms with E-state index in [0.717, 1.165) is 16.4 Å². The van der Waals surface area contributed by atoms with E-state index in [9.17, 15) is 8.42 Å². The highest BCUT2D eigenvalue weighted by atomic mass is 35.5. The zero-order valence-corrected chi connectivity index (χ0v) is 12.6. The minimum absolute atomic E-state index is 0.0697. The smallest absolute Gasteiger partial charge is 0.206 e. The second-order valence-electron chi connectivity index (χ2n) is 3.89. The van der Waals surface area contributed by atoms with Gasteiger partial charge in [0.05, 0.1) is 5.88 Å². The number of hydrogen-bond donors (Lipinski definition) is 0. The number of nitrogens with zero attached hydrogens (tertiary/aromatic N) is 1. The number of alkyl halides is 1. The first-order valence-electron chi connectivity index (χ1n) is 5.30. The molecule has 0 amide bonds. The molecule has 0 aromatic carbocycles. The van der Waals surface area contributed by atoms with Gasteiger partial charge in [0.1, 0.15) is 4.21 Å². The third-order valence-electron chi connectivity index (χ3n) is 2.64. The molecule has 1 aliphatic rings. The quantitative estimate of drug-likeness (QED) is 0.805. The molecule has 0 N–H and O–H groups in total. The molecule has 2 heterocycles. The number of thiophene rings is 1. The maximum absolute atomic E-state index is 12.4. The fraction of sp³-hybridized carbons (Fsp3) is 0.600. The molecule has 17 heavy (non-hydrogen) atoms. The number of sulfonamides is 1. The summed E-state index contributed by atoms with van der Waals surface area (Å²) in [5, 5.41) is 0. The Labute approximate surface area is 115 Å². The highest BCUT2D eigenvalue weighted by Crippen LogP contribution is 2.29. The number of thioether (sulfide) groups is 1. The summed E-state index contributed by atoms with van der Waals surface area (Å²) < 4.78 is 26.8. The van der Waals surface area contributed by atoms with Crippen molar-refractivity contribution in [3.8, 4) is 0 Å². The molecule has 0 spiro atoms. The Morgan fingerprint density at radius 1 is 1.53 bits per heavy atom. The maximum Gasteiger partial charge on any atom is 0.252 e. The molecule has 1 fully saturated rings. The van der Waals surface area contributed by atoms with Gasteiger partial charge < -0.3 is 0 Å². The molecule has 1 unspecified atom stereocenters. The standard InChI is InChI=1S/C10H14ClNO2S3/c1-8-7-15-5-4-12(8)17(13,14)10-3-2-9(6-11)16-10/h2-3,8H,4-7H2,1H3. The van der Waals surface area contributed by atoms with Crippen LogP contribution in [0.15, 0.2) is 16.3 Å². The lowest BCUT2D eigenvalue weighted by atomic mass is 10.4. The second-order valence-corrected chi connectivity index (χ2v) is 8.60. The van der Waals surface area contributed by atoms with E-state index in [4.69, 9.17) is 11.6 Å². The molecular formula is C10H14ClNO2S3. The van der Waals surface area contributed by atoms with Gasteiger partial charge in [0.25, 0.3) is 10.0 Å². The van der Waals surface area contributed by atoms with Gasteiger partial charge in [-0.3, -0.25) is 0 Å². The Bertz CT molecular complexity index is 485. The Balaban J connectivity index is 2.28. The average Bonchev–Trinajstić information content (AvgIpc) is 2.78. The molecule has 1 aliphatic heterocycles. The van der Waals surface area contributed by atoms with Crippen LogP contribution in [0.25, 0.3) is 0 Å². The summed E-state index contributed by atoms with van der Waals surface area (Å²) in [6.45, 7) is 2.56. The second kappa shape index (κ2) is 5.48. The molecule has 3 nitrogen and oxygen atoms in total. The summed E-state index contributed by atoms with van der Waals surface area (Å²) in [4.78, 5) is 0.893. The van der Waals surface area contributed by atoms with Crippen molar-refractivity contribution >= 4 is 44.7 Å². The van der Waals surface area contributed by atoms with Gasteiger partial charge in [-0.2, -0.15) is 16.1 Å². The van der Waals surface area contributed by atoms with Gasteiger partial charge in [0, 0.05) is 29.0 Å². The van der Waals surface area contributed by atoms with Crippen LogP contribution in [-0.2, 0) is 15.9 Å². The first-order valence-corrected chi connectivity index (χ1v) is 9.24. The summed E-state index contributed by atoms with van der Waals surface area (Å²) in [6, 6.07) is 3.51. The topological polar surface area (TPSA) is 37.4 Å². The molecule has 0 saturated carbocycles. The lowest BCUT2D eigenvalue weighted by molar-refractivity contribution is 0.368. The van der Waals surface area contributed by atoms with E-state index < -0.39 is 10.0 Å². The highest BCUT2D eigenvalue weighted by Gasteiger charge is 2.32. The van der Waals surface area contributed by atoms with Gasteiger partial charge >= 0.3 is 0 Å². The van der Waals surface area contributed by atoms with Crippen molar-refractivity contribution < 1.29 is 8.42 Å².